The van der Waals surface area contributed by atoms with Crippen molar-refractivity contribution in [2.75, 3.05) is 51.2 Å². The number of anilines is 1. The van der Waals surface area contributed by atoms with Crippen molar-refractivity contribution >= 4 is 23.4 Å². The summed E-state index contributed by atoms with van der Waals surface area (Å²) in [5.41, 5.74) is 2.18. The van der Waals surface area contributed by atoms with Crippen LogP contribution >= 0.6 is 0 Å². The van der Waals surface area contributed by atoms with E-state index in [1.54, 1.807) is 22.9 Å². The molecule has 0 unspecified atom stereocenters. The normalized spacial score (nSPS) is 20.5. The largest absolute Gasteiger partial charge is 0.444 e. The molecule has 0 aromatic heterocycles. The van der Waals surface area contributed by atoms with Crippen molar-refractivity contribution in [1.82, 2.24) is 14.7 Å². The predicted molar refractivity (Wildman–Crippen MR) is 122 cm³/mol. The number of rotatable bonds is 3. The second kappa shape index (κ2) is 8.69. The minimum Gasteiger partial charge on any atom is -0.444 e. The third kappa shape index (κ3) is 4.44. The summed E-state index contributed by atoms with van der Waals surface area (Å²) < 4.78 is 5.50. The van der Waals surface area contributed by atoms with E-state index >= 15 is 0 Å². The van der Waals surface area contributed by atoms with E-state index in [1.807, 2.05) is 26.8 Å². The zero-order valence-corrected chi connectivity index (χ0v) is 19.5. The van der Waals surface area contributed by atoms with Gasteiger partial charge in [-0.1, -0.05) is 0 Å². The molecular formula is C23H33N5O4. The SMILES string of the molecule is CN1Cc2c(N3CCC(N4CCN(C(=O)OC(C)(C)C)CC4)CC3)ccc(N=O)c2C1=O. The van der Waals surface area contributed by atoms with Crippen LogP contribution in [0.5, 0.6) is 0 Å². The Hall–Kier alpha value is -2.68. The van der Waals surface area contributed by atoms with Gasteiger partial charge in [0.15, 0.2) is 0 Å². The number of nitrogens with zero attached hydrogens (tertiary/aromatic N) is 5. The van der Waals surface area contributed by atoms with Crippen molar-refractivity contribution < 1.29 is 14.3 Å². The van der Waals surface area contributed by atoms with Crippen molar-refractivity contribution in [2.45, 2.75) is 51.8 Å². The number of benzene rings is 1. The Morgan fingerprint density at radius 1 is 1.06 bits per heavy atom. The topological polar surface area (TPSA) is 85.8 Å². The van der Waals surface area contributed by atoms with Crippen LogP contribution in [0, 0.1) is 4.91 Å². The molecule has 174 valence electrons. The smallest absolute Gasteiger partial charge is 0.410 e. The third-order valence-electron chi connectivity index (χ3n) is 6.61. The van der Waals surface area contributed by atoms with Crippen LogP contribution in [0.1, 0.15) is 49.5 Å². The summed E-state index contributed by atoms with van der Waals surface area (Å²) in [5.74, 6) is -0.130. The van der Waals surface area contributed by atoms with Crippen LogP contribution in [0.3, 0.4) is 0 Å². The van der Waals surface area contributed by atoms with Gasteiger partial charge in [-0.25, -0.2) is 4.79 Å². The first-order chi connectivity index (χ1) is 15.2. The van der Waals surface area contributed by atoms with Crippen molar-refractivity contribution in [1.29, 1.82) is 0 Å². The third-order valence-corrected chi connectivity index (χ3v) is 6.61. The highest BCUT2D eigenvalue weighted by Gasteiger charge is 2.34. The van der Waals surface area contributed by atoms with Gasteiger partial charge in [-0.15, -0.1) is 4.91 Å². The molecule has 3 heterocycles. The fourth-order valence-electron chi connectivity index (χ4n) is 4.96. The molecule has 3 aliphatic heterocycles. The molecule has 32 heavy (non-hydrogen) atoms. The fourth-order valence-corrected chi connectivity index (χ4v) is 4.96. The molecule has 1 aromatic carbocycles. The number of piperazine rings is 1. The second-order valence-corrected chi connectivity index (χ2v) is 9.93. The van der Waals surface area contributed by atoms with Crippen LogP contribution in [-0.4, -0.2) is 84.7 Å². The van der Waals surface area contributed by atoms with E-state index < -0.39 is 5.60 Å². The maximum absolute atomic E-state index is 12.5. The molecule has 1 aromatic rings. The van der Waals surface area contributed by atoms with Gasteiger partial charge in [0.2, 0.25) is 0 Å². The standard InChI is InChI=1S/C23H33N5O4/c1-23(2,3)32-22(30)28-13-11-26(12-14-28)16-7-9-27(10-8-16)19-6-5-18(24-31)20-17(19)15-25(4)21(20)29/h5-6,16H,7-15H2,1-4H3. The predicted octanol–water partition coefficient (Wildman–Crippen LogP) is 3.19. The molecule has 9 heteroatoms. The molecule has 0 atom stereocenters. The molecule has 0 aliphatic carbocycles. The second-order valence-electron chi connectivity index (χ2n) is 9.93. The Bertz CT molecular complexity index is 896. The quantitative estimate of drug-likeness (QED) is 0.667. The number of ether oxygens (including phenoxy) is 1. The average molecular weight is 444 g/mol. The van der Waals surface area contributed by atoms with Gasteiger partial charge < -0.3 is 19.4 Å². The zero-order valence-electron chi connectivity index (χ0n) is 19.5. The maximum atomic E-state index is 12.5. The highest BCUT2D eigenvalue weighted by Crippen LogP contribution is 2.38. The van der Waals surface area contributed by atoms with E-state index in [9.17, 15) is 14.5 Å². The molecule has 4 rings (SSSR count). The van der Waals surface area contributed by atoms with E-state index in [1.165, 1.54) is 0 Å². The van der Waals surface area contributed by atoms with Crippen molar-refractivity contribution in [3.8, 4) is 0 Å². The van der Waals surface area contributed by atoms with Gasteiger partial charge in [-0.2, -0.15) is 0 Å². The van der Waals surface area contributed by atoms with Gasteiger partial charge in [-0.3, -0.25) is 9.69 Å². The van der Waals surface area contributed by atoms with E-state index in [2.05, 4.69) is 15.0 Å². The number of fused-ring (bicyclic) bond motifs is 1. The zero-order chi connectivity index (χ0) is 23.0. The lowest BCUT2D eigenvalue weighted by Crippen LogP contribution is -2.55. The maximum Gasteiger partial charge on any atom is 0.410 e. The molecule has 0 spiro atoms. The number of piperidine rings is 1. The summed E-state index contributed by atoms with van der Waals surface area (Å²) in [4.78, 5) is 44.2. The molecule has 2 fully saturated rings. The lowest BCUT2D eigenvalue weighted by atomic mass is 9.99. The summed E-state index contributed by atoms with van der Waals surface area (Å²) in [6.07, 6.45) is 1.82. The Morgan fingerprint density at radius 2 is 1.72 bits per heavy atom. The number of hydrogen-bond acceptors (Lipinski definition) is 7. The number of amides is 2. The van der Waals surface area contributed by atoms with Crippen LogP contribution in [0.4, 0.5) is 16.2 Å². The summed E-state index contributed by atoms with van der Waals surface area (Å²) in [5, 5.41) is 3.06. The van der Waals surface area contributed by atoms with Gasteiger partial charge in [0.1, 0.15) is 11.3 Å². The van der Waals surface area contributed by atoms with Crippen LogP contribution in [-0.2, 0) is 11.3 Å². The van der Waals surface area contributed by atoms with E-state index in [-0.39, 0.29) is 17.7 Å². The Kier molecular flexibility index (Phi) is 6.11. The molecule has 3 aliphatic rings. The molecule has 0 radical (unpaired) electrons. The molecule has 2 saturated heterocycles. The minimum absolute atomic E-state index is 0.130. The van der Waals surface area contributed by atoms with E-state index in [0.717, 1.165) is 50.3 Å². The van der Waals surface area contributed by atoms with E-state index in [0.29, 0.717) is 31.2 Å². The number of carbonyl (C=O) groups is 2. The summed E-state index contributed by atoms with van der Waals surface area (Å²) >= 11 is 0. The van der Waals surface area contributed by atoms with Gasteiger partial charge in [0.05, 0.1) is 5.56 Å². The number of nitroso groups, excluding NO2 is 1. The highest BCUT2D eigenvalue weighted by atomic mass is 16.6. The van der Waals surface area contributed by atoms with Gasteiger partial charge >= 0.3 is 6.09 Å². The summed E-state index contributed by atoms with van der Waals surface area (Å²) in [6.45, 7) is 11.1. The van der Waals surface area contributed by atoms with Crippen LogP contribution in [0.15, 0.2) is 17.3 Å². The number of carbonyl (C=O) groups excluding carboxylic acids is 2. The first kappa shape index (κ1) is 22.5. The molecule has 0 saturated carbocycles. The summed E-state index contributed by atoms with van der Waals surface area (Å²) in [6, 6.07) is 4.09. The molecule has 2 amide bonds. The molecule has 0 N–H and O–H groups in total. The highest BCUT2D eigenvalue weighted by molar-refractivity contribution is 6.04. The first-order valence-corrected chi connectivity index (χ1v) is 11.4. The lowest BCUT2D eigenvalue weighted by molar-refractivity contribution is 0.00901. The van der Waals surface area contributed by atoms with E-state index in [4.69, 9.17) is 4.74 Å². The number of hydrogen-bond donors (Lipinski definition) is 0. The Morgan fingerprint density at radius 3 is 2.31 bits per heavy atom. The summed E-state index contributed by atoms with van der Waals surface area (Å²) in [7, 11) is 1.75. The lowest BCUT2D eigenvalue weighted by Gasteiger charge is -2.43. The minimum atomic E-state index is -0.472. The molecular weight excluding hydrogens is 410 g/mol. The molecule has 9 nitrogen and oxygen atoms in total. The first-order valence-electron chi connectivity index (χ1n) is 11.4. The Balaban J connectivity index is 1.35. The molecule has 0 bridgehead atoms. The fraction of sp³-hybridized carbons (Fsp3) is 0.652. The van der Waals surface area contributed by atoms with Crippen LogP contribution in [0.25, 0.3) is 0 Å². The Labute approximate surface area is 189 Å². The van der Waals surface area contributed by atoms with Crippen molar-refractivity contribution in [2.24, 2.45) is 5.18 Å². The van der Waals surface area contributed by atoms with Crippen molar-refractivity contribution in [3.63, 3.8) is 0 Å². The van der Waals surface area contributed by atoms with Crippen LogP contribution < -0.4 is 4.90 Å². The van der Waals surface area contributed by atoms with Gasteiger partial charge in [0, 0.05) is 70.2 Å². The average Bonchev–Trinajstić information content (AvgIpc) is 3.07. The van der Waals surface area contributed by atoms with Gasteiger partial charge in [-0.05, 0) is 50.9 Å². The van der Waals surface area contributed by atoms with Crippen molar-refractivity contribution in [3.05, 3.63) is 28.2 Å². The van der Waals surface area contributed by atoms with Crippen LogP contribution in [0.2, 0.25) is 0 Å². The monoisotopic (exact) mass is 443 g/mol. The van der Waals surface area contributed by atoms with Gasteiger partial charge in [0.25, 0.3) is 5.91 Å².